The highest BCUT2D eigenvalue weighted by Gasteiger charge is 2.43. The molecule has 2 amide bonds. The second kappa shape index (κ2) is 6.91. The first-order chi connectivity index (χ1) is 12.6. The Morgan fingerprint density at radius 2 is 2.08 bits per heavy atom. The lowest BCUT2D eigenvalue weighted by Crippen LogP contribution is -2.51. The number of amides is 2. The summed E-state index contributed by atoms with van der Waals surface area (Å²) < 4.78 is 11.9. The average Bonchev–Trinajstić information content (AvgIpc) is 3.07. The Morgan fingerprint density at radius 3 is 2.81 bits per heavy atom. The summed E-state index contributed by atoms with van der Waals surface area (Å²) in [6.07, 6.45) is 3.77. The second-order valence-electron chi connectivity index (χ2n) is 7.57. The van der Waals surface area contributed by atoms with Gasteiger partial charge < -0.3 is 19.7 Å². The van der Waals surface area contributed by atoms with Gasteiger partial charge in [-0.05, 0) is 19.4 Å². The van der Waals surface area contributed by atoms with Crippen LogP contribution in [0.5, 0.6) is 5.75 Å². The first-order valence-electron chi connectivity index (χ1n) is 9.54. The molecular weight excluding hydrogens is 332 g/mol. The van der Waals surface area contributed by atoms with Crippen molar-refractivity contribution >= 4 is 11.8 Å². The van der Waals surface area contributed by atoms with Gasteiger partial charge in [0, 0.05) is 37.8 Å². The lowest BCUT2D eigenvalue weighted by atomic mass is 9.82. The van der Waals surface area contributed by atoms with Crippen LogP contribution in [0.3, 0.4) is 0 Å². The summed E-state index contributed by atoms with van der Waals surface area (Å²) in [7, 11) is 0. The van der Waals surface area contributed by atoms with Gasteiger partial charge in [0.15, 0.2) is 0 Å². The first kappa shape index (κ1) is 17.3. The maximum atomic E-state index is 12.9. The molecule has 6 nitrogen and oxygen atoms in total. The largest absolute Gasteiger partial charge is 0.487 e. The summed E-state index contributed by atoms with van der Waals surface area (Å²) in [5.41, 5.74) is 0.731. The molecular formula is C20H26N2O4. The zero-order valence-electron chi connectivity index (χ0n) is 15.2. The Bertz CT molecular complexity index is 699. The number of nitrogens with one attached hydrogen (secondary N) is 1. The molecule has 1 aromatic rings. The minimum atomic E-state index is -0.439. The first-order valence-corrected chi connectivity index (χ1v) is 9.54. The van der Waals surface area contributed by atoms with E-state index in [1.54, 1.807) is 4.90 Å². The molecule has 1 N–H and O–H groups in total. The highest BCUT2D eigenvalue weighted by molar-refractivity contribution is 5.88. The van der Waals surface area contributed by atoms with Crippen LogP contribution in [0.2, 0.25) is 0 Å². The van der Waals surface area contributed by atoms with Crippen molar-refractivity contribution in [1.82, 2.24) is 10.2 Å². The monoisotopic (exact) mass is 358 g/mol. The molecule has 2 saturated heterocycles. The predicted molar refractivity (Wildman–Crippen MR) is 95.8 cm³/mol. The van der Waals surface area contributed by atoms with Crippen molar-refractivity contribution in [2.45, 2.75) is 56.7 Å². The van der Waals surface area contributed by atoms with E-state index in [1.165, 1.54) is 0 Å². The molecule has 6 heteroatoms. The van der Waals surface area contributed by atoms with Crippen LogP contribution in [0.1, 0.15) is 50.6 Å². The third-order valence-corrected chi connectivity index (χ3v) is 5.87. The van der Waals surface area contributed by atoms with Crippen LogP contribution >= 0.6 is 0 Å². The van der Waals surface area contributed by atoms with E-state index in [-0.39, 0.29) is 23.5 Å². The molecule has 3 aliphatic rings. The minimum absolute atomic E-state index is 0.0703. The summed E-state index contributed by atoms with van der Waals surface area (Å²) in [6, 6.07) is 7.37. The molecule has 0 saturated carbocycles. The van der Waals surface area contributed by atoms with Crippen molar-refractivity contribution in [2.75, 3.05) is 19.8 Å². The number of hydrogen-bond donors (Lipinski definition) is 1. The van der Waals surface area contributed by atoms with Gasteiger partial charge in [-0.25, -0.2) is 0 Å². The Labute approximate surface area is 153 Å². The van der Waals surface area contributed by atoms with Crippen LogP contribution in [0.15, 0.2) is 24.3 Å². The van der Waals surface area contributed by atoms with E-state index in [0.717, 1.165) is 37.0 Å². The van der Waals surface area contributed by atoms with Gasteiger partial charge in [0.25, 0.3) is 0 Å². The highest BCUT2D eigenvalue weighted by Crippen LogP contribution is 2.43. The number of para-hydroxylation sites is 1. The van der Waals surface area contributed by atoms with Gasteiger partial charge in [-0.15, -0.1) is 0 Å². The molecule has 2 atom stereocenters. The number of carbonyl (C=O) groups excluding carboxylic acids is 2. The lowest BCUT2D eigenvalue weighted by Gasteiger charge is -2.44. The molecule has 0 bridgehead atoms. The van der Waals surface area contributed by atoms with Gasteiger partial charge in [-0.3, -0.25) is 9.59 Å². The number of fused-ring (bicyclic) bond motifs is 1. The molecule has 4 rings (SSSR count). The molecule has 26 heavy (non-hydrogen) atoms. The number of benzene rings is 1. The molecule has 2 fully saturated rings. The Morgan fingerprint density at radius 1 is 1.31 bits per heavy atom. The smallest absolute Gasteiger partial charge is 0.243 e. The van der Waals surface area contributed by atoms with Crippen molar-refractivity contribution < 1.29 is 19.1 Å². The van der Waals surface area contributed by atoms with Crippen LogP contribution in [-0.4, -0.2) is 48.1 Å². The molecule has 0 unspecified atom stereocenters. The maximum absolute atomic E-state index is 12.9. The van der Waals surface area contributed by atoms with Crippen molar-refractivity contribution in [2.24, 2.45) is 0 Å². The van der Waals surface area contributed by atoms with E-state index in [2.05, 4.69) is 5.32 Å². The molecule has 3 heterocycles. The fourth-order valence-corrected chi connectivity index (χ4v) is 4.31. The minimum Gasteiger partial charge on any atom is -0.487 e. The van der Waals surface area contributed by atoms with E-state index < -0.39 is 6.04 Å². The quantitative estimate of drug-likeness (QED) is 0.899. The molecule has 3 aliphatic heterocycles. The van der Waals surface area contributed by atoms with E-state index in [9.17, 15) is 9.59 Å². The Kier molecular flexibility index (Phi) is 4.61. The predicted octanol–water partition coefficient (Wildman–Crippen LogP) is 2.19. The number of ether oxygens (including phenoxy) is 2. The molecule has 1 aromatic carbocycles. The third-order valence-electron chi connectivity index (χ3n) is 5.87. The molecule has 0 radical (unpaired) electrons. The van der Waals surface area contributed by atoms with Gasteiger partial charge in [0.2, 0.25) is 11.8 Å². The van der Waals surface area contributed by atoms with Crippen LogP contribution in [0.25, 0.3) is 0 Å². The molecule has 0 aromatic heterocycles. The van der Waals surface area contributed by atoms with Crippen LogP contribution in [-0.2, 0) is 14.3 Å². The summed E-state index contributed by atoms with van der Waals surface area (Å²) in [5.74, 6) is 0.820. The fraction of sp³-hybridized carbons (Fsp3) is 0.600. The fourth-order valence-electron chi connectivity index (χ4n) is 4.31. The van der Waals surface area contributed by atoms with Gasteiger partial charge in [0.05, 0.1) is 19.3 Å². The summed E-state index contributed by atoms with van der Waals surface area (Å²) >= 11 is 0. The molecule has 1 spiro atoms. The summed E-state index contributed by atoms with van der Waals surface area (Å²) in [6.45, 7) is 3.84. The average molecular weight is 358 g/mol. The van der Waals surface area contributed by atoms with E-state index >= 15 is 0 Å². The van der Waals surface area contributed by atoms with Crippen LogP contribution in [0.4, 0.5) is 0 Å². The van der Waals surface area contributed by atoms with Gasteiger partial charge in [-0.1, -0.05) is 18.2 Å². The van der Waals surface area contributed by atoms with Crippen LogP contribution in [0, 0.1) is 0 Å². The standard InChI is InChI=1S/C20H26N2O4/c1-14(22-10-4-7-18(22)23)19(24)21-16-13-20(8-11-25-12-9-20)26-17-6-3-2-5-15(16)17/h2-3,5-6,14,16H,4,7-13H2,1H3,(H,21,24)/t14-,16+/m0/s1. The number of nitrogens with zero attached hydrogens (tertiary/aromatic N) is 1. The SMILES string of the molecule is C[C@@H](C(=O)N[C@@H]1CC2(CCOCC2)Oc2ccccc21)N1CCCC1=O. The van der Waals surface area contributed by atoms with Gasteiger partial charge in [0.1, 0.15) is 17.4 Å². The second-order valence-corrected chi connectivity index (χ2v) is 7.57. The van der Waals surface area contributed by atoms with Gasteiger partial charge >= 0.3 is 0 Å². The van der Waals surface area contributed by atoms with Crippen molar-refractivity contribution in [3.63, 3.8) is 0 Å². The topological polar surface area (TPSA) is 67.9 Å². The van der Waals surface area contributed by atoms with Crippen molar-refractivity contribution in [3.05, 3.63) is 29.8 Å². The lowest BCUT2D eigenvalue weighted by molar-refractivity contribution is -0.137. The number of carbonyl (C=O) groups is 2. The zero-order valence-corrected chi connectivity index (χ0v) is 15.2. The summed E-state index contributed by atoms with van der Waals surface area (Å²) in [5, 5.41) is 3.19. The number of likely N-dealkylation sites (tertiary alicyclic amines) is 1. The normalized spacial score (nSPS) is 25.5. The summed E-state index contributed by atoms with van der Waals surface area (Å²) in [4.78, 5) is 26.5. The Hall–Kier alpha value is -2.08. The van der Waals surface area contributed by atoms with Crippen LogP contribution < -0.4 is 10.1 Å². The molecule has 140 valence electrons. The highest BCUT2D eigenvalue weighted by atomic mass is 16.5. The number of rotatable bonds is 3. The molecule has 0 aliphatic carbocycles. The van der Waals surface area contributed by atoms with Crippen molar-refractivity contribution in [3.8, 4) is 5.75 Å². The van der Waals surface area contributed by atoms with Gasteiger partial charge in [-0.2, -0.15) is 0 Å². The maximum Gasteiger partial charge on any atom is 0.243 e. The number of hydrogen-bond acceptors (Lipinski definition) is 4. The van der Waals surface area contributed by atoms with E-state index in [4.69, 9.17) is 9.47 Å². The van der Waals surface area contributed by atoms with E-state index in [0.29, 0.717) is 26.2 Å². The third kappa shape index (κ3) is 3.18. The Balaban J connectivity index is 1.54. The van der Waals surface area contributed by atoms with Crippen molar-refractivity contribution in [1.29, 1.82) is 0 Å². The van der Waals surface area contributed by atoms with E-state index in [1.807, 2.05) is 31.2 Å². The zero-order chi connectivity index (χ0) is 18.1.